The normalized spacial score (nSPS) is 10.9. The lowest BCUT2D eigenvalue weighted by atomic mass is 10.0. The Balaban J connectivity index is 1.85. The predicted octanol–water partition coefficient (Wildman–Crippen LogP) is 7.63. The standard InChI is InChI=1S/C26H42O2/c1-2-3-4-5-6-7-8-9-10-11-12-13-14-15-19-22-25(27)26(28)23-24-20-17-16-18-21-24/h16-18,20-21H,2-15,19,22-23H2,1H3. The van der Waals surface area contributed by atoms with Crippen molar-refractivity contribution >= 4 is 11.6 Å². The van der Waals surface area contributed by atoms with Crippen molar-refractivity contribution in [3.8, 4) is 0 Å². The Bertz CT molecular complexity index is 506. The largest absolute Gasteiger partial charge is 0.291 e. The Kier molecular flexibility index (Phi) is 15.5. The number of carbonyl (C=O) groups is 2. The van der Waals surface area contributed by atoms with Gasteiger partial charge in [-0.3, -0.25) is 9.59 Å². The van der Waals surface area contributed by atoms with E-state index >= 15 is 0 Å². The van der Waals surface area contributed by atoms with Gasteiger partial charge in [-0.1, -0.05) is 127 Å². The Labute approximate surface area is 173 Å². The van der Waals surface area contributed by atoms with Crippen LogP contribution in [0.3, 0.4) is 0 Å². The Hall–Kier alpha value is -1.44. The fourth-order valence-electron chi connectivity index (χ4n) is 3.68. The number of carbonyl (C=O) groups excluding carboxylic acids is 2. The average molecular weight is 387 g/mol. The first-order chi connectivity index (χ1) is 13.7. The van der Waals surface area contributed by atoms with Crippen molar-refractivity contribution in [1.29, 1.82) is 0 Å². The van der Waals surface area contributed by atoms with Crippen LogP contribution in [0.25, 0.3) is 0 Å². The van der Waals surface area contributed by atoms with Gasteiger partial charge in [-0.25, -0.2) is 0 Å². The Morgan fingerprint density at radius 2 is 1.00 bits per heavy atom. The molecular formula is C26H42O2. The van der Waals surface area contributed by atoms with Gasteiger partial charge >= 0.3 is 0 Å². The van der Waals surface area contributed by atoms with Crippen molar-refractivity contribution in [3.05, 3.63) is 35.9 Å². The highest BCUT2D eigenvalue weighted by Gasteiger charge is 2.13. The highest BCUT2D eigenvalue weighted by Crippen LogP contribution is 2.14. The molecule has 158 valence electrons. The number of ketones is 2. The number of hydrogen-bond acceptors (Lipinski definition) is 2. The van der Waals surface area contributed by atoms with Gasteiger partial charge in [0.15, 0.2) is 5.78 Å². The molecule has 28 heavy (non-hydrogen) atoms. The molecule has 0 aliphatic rings. The van der Waals surface area contributed by atoms with E-state index in [1.54, 1.807) is 0 Å². The van der Waals surface area contributed by atoms with Crippen LogP contribution in [0.1, 0.15) is 115 Å². The SMILES string of the molecule is CCCCCCCCCCCCCCCCCC(=O)C(=O)Cc1ccccc1. The van der Waals surface area contributed by atoms with Crippen LogP contribution >= 0.6 is 0 Å². The van der Waals surface area contributed by atoms with Crippen molar-refractivity contribution in [2.45, 2.75) is 116 Å². The van der Waals surface area contributed by atoms with E-state index in [2.05, 4.69) is 6.92 Å². The van der Waals surface area contributed by atoms with Crippen LogP contribution in [0.4, 0.5) is 0 Å². The van der Waals surface area contributed by atoms with Gasteiger partial charge in [-0.2, -0.15) is 0 Å². The molecule has 0 aliphatic carbocycles. The third-order valence-corrected chi connectivity index (χ3v) is 5.53. The summed E-state index contributed by atoms with van der Waals surface area (Å²) >= 11 is 0. The van der Waals surface area contributed by atoms with Crippen molar-refractivity contribution in [3.63, 3.8) is 0 Å². The predicted molar refractivity (Wildman–Crippen MR) is 120 cm³/mol. The number of benzene rings is 1. The van der Waals surface area contributed by atoms with Gasteiger partial charge in [0.2, 0.25) is 5.78 Å². The molecule has 0 amide bonds. The maximum atomic E-state index is 11.9. The molecule has 0 fully saturated rings. The molecule has 0 aromatic heterocycles. The van der Waals surface area contributed by atoms with Crippen LogP contribution in [0.2, 0.25) is 0 Å². The van der Waals surface area contributed by atoms with Gasteiger partial charge in [-0.05, 0) is 12.0 Å². The first kappa shape index (κ1) is 24.6. The quantitative estimate of drug-likeness (QED) is 0.181. The van der Waals surface area contributed by atoms with Crippen molar-refractivity contribution in [1.82, 2.24) is 0 Å². The zero-order valence-electron chi connectivity index (χ0n) is 18.2. The van der Waals surface area contributed by atoms with E-state index < -0.39 is 0 Å². The monoisotopic (exact) mass is 386 g/mol. The molecule has 0 atom stereocenters. The van der Waals surface area contributed by atoms with E-state index in [1.807, 2.05) is 30.3 Å². The zero-order chi connectivity index (χ0) is 20.3. The van der Waals surface area contributed by atoms with Crippen LogP contribution in [0.5, 0.6) is 0 Å². The molecule has 0 bridgehead atoms. The molecule has 1 aromatic carbocycles. The fourth-order valence-corrected chi connectivity index (χ4v) is 3.68. The molecule has 1 aromatic rings. The summed E-state index contributed by atoms with van der Waals surface area (Å²) in [6, 6.07) is 9.53. The van der Waals surface area contributed by atoms with Gasteiger partial charge in [-0.15, -0.1) is 0 Å². The molecule has 2 nitrogen and oxygen atoms in total. The van der Waals surface area contributed by atoms with E-state index in [1.165, 1.54) is 83.5 Å². The molecule has 0 N–H and O–H groups in total. The lowest BCUT2D eigenvalue weighted by molar-refractivity contribution is -0.136. The van der Waals surface area contributed by atoms with Gasteiger partial charge in [0.1, 0.15) is 0 Å². The summed E-state index contributed by atoms with van der Waals surface area (Å²) in [6.07, 6.45) is 20.3. The van der Waals surface area contributed by atoms with E-state index in [4.69, 9.17) is 0 Å². The zero-order valence-corrected chi connectivity index (χ0v) is 18.2. The molecule has 2 heteroatoms. The minimum absolute atomic E-state index is 0.196. The van der Waals surface area contributed by atoms with Crippen LogP contribution in [0, 0.1) is 0 Å². The van der Waals surface area contributed by atoms with Crippen LogP contribution in [-0.2, 0) is 16.0 Å². The lowest BCUT2D eigenvalue weighted by Crippen LogP contribution is -2.16. The molecule has 0 saturated carbocycles. The second-order valence-corrected chi connectivity index (χ2v) is 8.21. The molecule has 0 spiro atoms. The minimum Gasteiger partial charge on any atom is -0.291 e. The molecule has 0 aliphatic heterocycles. The smallest absolute Gasteiger partial charge is 0.202 e. The highest BCUT2D eigenvalue weighted by atomic mass is 16.2. The lowest BCUT2D eigenvalue weighted by Gasteiger charge is -2.04. The summed E-state index contributed by atoms with van der Waals surface area (Å²) in [5.41, 5.74) is 0.928. The summed E-state index contributed by atoms with van der Waals surface area (Å²) in [6.45, 7) is 2.27. The topological polar surface area (TPSA) is 34.1 Å². The third kappa shape index (κ3) is 13.7. The summed E-state index contributed by atoms with van der Waals surface area (Å²) in [5.74, 6) is -0.435. The molecular weight excluding hydrogens is 344 g/mol. The number of hydrogen-bond donors (Lipinski definition) is 0. The molecule has 0 saturated heterocycles. The van der Waals surface area contributed by atoms with Gasteiger partial charge in [0, 0.05) is 12.8 Å². The minimum atomic E-state index is -0.239. The van der Waals surface area contributed by atoms with Crippen molar-refractivity contribution in [2.24, 2.45) is 0 Å². The molecule has 0 heterocycles. The fraction of sp³-hybridized carbons (Fsp3) is 0.692. The second-order valence-electron chi connectivity index (χ2n) is 8.21. The van der Waals surface area contributed by atoms with Gasteiger partial charge < -0.3 is 0 Å². The van der Waals surface area contributed by atoms with E-state index in [-0.39, 0.29) is 18.0 Å². The average Bonchev–Trinajstić information content (AvgIpc) is 2.71. The Morgan fingerprint density at radius 1 is 0.571 bits per heavy atom. The summed E-state index contributed by atoms with van der Waals surface area (Å²) < 4.78 is 0. The Morgan fingerprint density at radius 3 is 1.46 bits per heavy atom. The summed E-state index contributed by atoms with van der Waals surface area (Å²) in [4.78, 5) is 23.9. The number of rotatable bonds is 19. The van der Waals surface area contributed by atoms with Crippen LogP contribution < -0.4 is 0 Å². The van der Waals surface area contributed by atoms with Crippen molar-refractivity contribution < 1.29 is 9.59 Å². The van der Waals surface area contributed by atoms with Gasteiger partial charge in [0.25, 0.3) is 0 Å². The van der Waals surface area contributed by atoms with E-state index in [9.17, 15) is 9.59 Å². The first-order valence-corrected chi connectivity index (χ1v) is 11.8. The number of Topliss-reactive ketones (excluding diaryl/α,β-unsaturated/α-hetero) is 2. The highest BCUT2D eigenvalue weighted by molar-refractivity contribution is 6.37. The number of unbranched alkanes of at least 4 members (excludes halogenated alkanes) is 14. The third-order valence-electron chi connectivity index (χ3n) is 5.53. The van der Waals surface area contributed by atoms with E-state index in [0.717, 1.165) is 18.4 Å². The molecule has 0 unspecified atom stereocenters. The summed E-state index contributed by atoms with van der Waals surface area (Å²) in [7, 11) is 0. The van der Waals surface area contributed by atoms with Crippen LogP contribution in [-0.4, -0.2) is 11.6 Å². The summed E-state index contributed by atoms with van der Waals surface area (Å²) in [5, 5.41) is 0. The maximum Gasteiger partial charge on any atom is 0.202 e. The second kappa shape index (κ2) is 17.6. The maximum absolute atomic E-state index is 11.9. The molecule has 0 radical (unpaired) electrons. The first-order valence-electron chi connectivity index (χ1n) is 11.8. The van der Waals surface area contributed by atoms with E-state index in [0.29, 0.717) is 6.42 Å². The van der Waals surface area contributed by atoms with Crippen LogP contribution in [0.15, 0.2) is 30.3 Å². The molecule has 1 rings (SSSR count). The van der Waals surface area contributed by atoms with Gasteiger partial charge in [0.05, 0.1) is 0 Å². The van der Waals surface area contributed by atoms with Crippen molar-refractivity contribution in [2.75, 3.05) is 0 Å².